The third kappa shape index (κ3) is 3.00. The Morgan fingerprint density at radius 3 is 1.92 bits per heavy atom. The summed E-state index contributed by atoms with van der Waals surface area (Å²) in [6, 6.07) is 2.36. The lowest BCUT2D eigenvalue weighted by atomic mass is 10.5. The molecular weight excluding hydrogens is 218 g/mol. The molecule has 1 unspecified atom stereocenters. The highest BCUT2D eigenvalue weighted by molar-refractivity contribution is 8.40. The van der Waals surface area contributed by atoms with Gasteiger partial charge in [-0.1, -0.05) is 27.7 Å². The lowest BCUT2D eigenvalue weighted by Gasteiger charge is -2.17. The summed E-state index contributed by atoms with van der Waals surface area (Å²) in [6.07, 6.45) is 0. The first-order valence-corrected chi connectivity index (χ1v) is 7.07. The van der Waals surface area contributed by atoms with Gasteiger partial charge in [-0.05, 0) is 0 Å². The summed E-state index contributed by atoms with van der Waals surface area (Å²) in [4.78, 5) is 0. The molecule has 1 nitrogen and oxygen atoms in total. The predicted molar refractivity (Wildman–Crippen MR) is 65.2 cm³/mol. The molecule has 0 aromatic heterocycles. The second-order valence-electron chi connectivity index (χ2n) is 3.56. The van der Waals surface area contributed by atoms with E-state index in [4.69, 9.17) is 5.26 Å². The maximum absolute atomic E-state index is 8.87. The molecule has 1 fully saturated rings. The van der Waals surface area contributed by atoms with Gasteiger partial charge in [0, 0.05) is 10.5 Å². The van der Waals surface area contributed by atoms with Gasteiger partial charge in [0.1, 0.15) is 8.66 Å². The van der Waals surface area contributed by atoms with Crippen LogP contribution in [0.2, 0.25) is 0 Å². The average molecular weight is 233 g/mol. The first-order valence-electron chi connectivity index (χ1n) is 4.43. The Kier molecular flexibility index (Phi) is 3.91. The quantitative estimate of drug-likeness (QED) is 0.547. The molecule has 0 amide bonds. The Labute approximate surface area is 93.4 Å². The van der Waals surface area contributed by atoms with Crippen molar-refractivity contribution in [3.8, 4) is 6.07 Å². The maximum atomic E-state index is 8.87. The summed E-state index contributed by atoms with van der Waals surface area (Å²) < 4.78 is 0.150. The largest absolute Gasteiger partial charge is 0.197 e. The van der Waals surface area contributed by atoms with Gasteiger partial charge in [-0.2, -0.15) is 5.26 Å². The highest BCUT2D eigenvalue weighted by atomic mass is 32.3. The zero-order chi connectivity index (χ0) is 10.1. The molecule has 4 heteroatoms. The van der Waals surface area contributed by atoms with E-state index < -0.39 is 0 Å². The van der Waals surface area contributed by atoms with Gasteiger partial charge in [0.25, 0.3) is 0 Å². The molecule has 1 atom stereocenters. The number of nitrogens with zero attached hydrogens (tertiary/aromatic N) is 1. The fraction of sp³-hybridized carbons (Fsp3) is 0.889. The first kappa shape index (κ1) is 11.6. The van der Waals surface area contributed by atoms with Crippen LogP contribution in [0.4, 0.5) is 0 Å². The molecule has 1 aliphatic heterocycles. The second kappa shape index (κ2) is 4.37. The Bertz CT molecular complexity index is 209. The van der Waals surface area contributed by atoms with Gasteiger partial charge in [0.2, 0.25) is 0 Å². The molecule has 1 rings (SSSR count). The molecule has 1 aliphatic rings. The number of thioether (sulfide) groups is 3. The van der Waals surface area contributed by atoms with Crippen molar-refractivity contribution < 1.29 is 0 Å². The van der Waals surface area contributed by atoms with Gasteiger partial charge in [-0.3, -0.25) is 0 Å². The molecule has 0 aliphatic carbocycles. The SMILES string of the molecule is CC(C)SC1(SC(C)C)SC1C#N. The van der Waals surface area contributed by atoms with E-state index in [9.17, 15) is 0 Å². The lowest BCUT2D eigenvalue weighted by molar-refractivity contribution is 1.08. The van der Waals surface area contributed by atoms with Crippen molar-refractivity contribution in [2.24, 2.45) is 0 Å². The minimum atomic E-state index is 0.150. The fourth-order valence-corrected chi connectivity index (χ4v) is 7.02. The molecule has 0 saturated carbocycles. The summed E-state index contributed by atoms with van der Waals surface area (Å²) in [7, 11) is 0. The van der Waals surface area contributed by atoms with E-state index in [1.165, 1.54) is 0 Å². The Hall–Kier alpha value is 0.540. The highest BCUT2D eigenvalue weighted by Gasteiger charge is 2.58. The molecule has 0 N–H and O–H groups in total. The van der Waals surface area contributed by atoms with Gasteiger partial charge in [0.05, 0.1) is 6.07 Å². The minimum absolute atomic E-state index is 0.150. The van der Waals surface area contributed by atoms with E-state index in [-0.39, 0.29) is 8.66 Å². The fourth-order valence-electron chi connectivity index (χ4n) is 1.10. The van der Waals surface area contributed by atoms with Crippen LogP contribution in [0.1, 0.15) is 27.7 Å². The van der Waals surface area contributed by atoms with Crippen LogP contribution < -0.4 is 0 Å². The van der Waals surface area contributed by atoms with Crippen LogP contribution in [0.5, 0.6) is 0 Å². The number of hydrogen-bond donors (Lipinski definition) is 0. The standard InChI is InChI=1S/C9H15NS3/c1-6(2)11-9(12-7(3)4)8(5-10)13-9/h6-8H,1-4H3. The van der Waals surface area contributed by atoms with Crippen LogP contribution in [0.25, 0.3) is 0 Å². The van der Waals surface area contributed by atoms with E-state index in [0.717, 1.165) is 0 Å². The summed E-state index contributed by atoms with van der Waals surface area (Å²) >= 11 is 5.67. The molecular formula is C9H15NS3. The molecule has 74 valence electrons. The van der Waals surface area contributed by atoms with Gasteiger partial charge in [-0.25, -0.2) is 0 Å². The summed E-state index contributed by atoms with van der Waals surface area (Å²) in [5.74, 6) is 0. The van der Waals surface area contributed by atoms with Crippen LogP contribution in [0.3, 0.4) is 0 Å². The minimum Gasteiger partial charge on any atom is -0.197 e. The van der Waals surface area contributed by atoms with Crippen LogP contribution in [-0.4, -0.2) is 19.2 Å². The van der Waals surface area contributed by atoms with Crippen LogP contribution in [0, 0.1) is 11.3 Å². The molecule has 0 spiro atoms. The van der Waals surface area contributed by atoms with Crippen molar-refractivity contribution in [2.75, 3.05) is 0 Å². The van der Waals surface area contributed by atoms with Crippen molar-refractivity contribution >= 4 is 35.3 Å². The summed E-state index contributed by atoms with van der Waals surface area (Å²) in [5.41, 5.74) is 0. The molecule has 0 aromatic carbocycles. The van der Waals surface area contributed by atoms with Crippen molar-refractivity contribution in [3.63, 3.8) is 0 Å². The molecule has 1 saturated heterocycles. The van der Waals surface area contributed by atoms with E-state index in [0.29, 0.717) is 10.5 Å². The predicted octanol–water partition coefficient (Wildman–Crippen LogP) is 3.56. The van der Waals surface area contributed by atoms with Crippen molar-refractivity contribution in [1.29, 1.82) is 5.26 Å². The van der Waals surface area contributed by atoms with Gasteiger partial charge in [-0.15, -0.1) is 35.3 Å². The van der Waals surface area contributed by atoms with Crippen LogP contribution in [0.15, 0.2) is 0 Å². The average Bonchev–Trinajstić information content (AvgIpc) is 2.59. The van der Waals surface area contributed by atoms with E-state index >= 15 is 0 Å². The molecule has 0 aromatic rings. The zero-order valence-electron chi connectivity index (χ0n) is 8.40. The summed E-state index contributed by atoms with van der Waals surface area (Å²) in [6.45, 7) is 8.78. The third-order valence-corrected chi connectivity index (χ3v) is 6.57. The molecule has 0 bridgehead atoms. The second-order valence-corrected chi connectivity index (χ2v) is 9.33. The maximum Gasteiger partial charge on any atom is 0.134 e. The molecule has 1 heterocycles. The number of rotatable bonds is 4. The van der Waals surface area contributed by atoms with Gasteiger partial charge < -0.3 is 0 Å². The Balaban J connectivity index is 2.54. The van der Waals surface area contributed by atoms with Crippen LogP contribution in [-0.2, 0) is 0 Å². The molecule has 0 radical (unpaired) electrons. The van der Waals surface area contributed by atoms with Crippen LogP contribution >= 0.6 is 35.3 Å². The van der Waals surface area contributed by atoms with Gasteiger partial charge >= 0.3 is 0 Å². The Morgan fingerprint density at radius 2 is 1.69 bits per heavy atom. The Morgan fingerprint density at radius 1 is 1.23 bits per heavy atom. The number of hydrogen-bond acceptors (Lipinski definition) is 4. The topological polar surface area (TPSA) is 23.8 Å². The van der Waals surface area contributed by atoms with E-state index in [1.54, 1.807) is 11.8 Å². The summed E-state index contributed by atoms with van der Waals surface area (Å²) in [5, 5.41) is 10.3. The molecule has 13 heavy (non-hydrogen) atoms. The highest BCUT2D eigenvalue weighted by Crippen LogP contribution is 2.69. The van der Waals surface area contributed by atoms with E-state index in [1.807, 2.05) is 23.5 Å². The van der Waals surface area contributed by atoms with Crippen molar-refractivity contribution in [1.82, 2.24) is 0 Å². The number of nitriles is 1. The monoisotopic (exact) mass is 233 g/mol. The smallest absolute Gasteiger partial charge is 0.134 e. The van der Waals surface area contributed by atoms with Crippen molar-refractivity contribution in [3.05, 3.63) is 0 Å². The normalized spacial score (nSPS) is 24.8. The zero-order valence-corrected chi connectivity index (χ0v) is 10.9. The van der Waals surface area contributed by atoms with E-state index in [2.05, 4.69) is 33.8 Å². The first-order chi connectivity index (χ1) is 6.00. The lowest BCUT2D eigenvalue weighted by Crippen LogP contribution is -2.10. The third-order valence-electron chi connectivity index (χ3n) is 1.46. The van der Waals surface area contributed by atoms with Crippen molar-refractivity contribution in [2.45, 2.75) is 46.9 Å². The van der Waals surface area contributed by atoms with Gasteiger partial charge in [0.15, 0.2) is 0 Å².